The quantitative estimate of drug-likeness (QED) is 0.510. The van der Waals surface area contributed by atoms with Gasteiger partial charge in [0.2, 0.25) is 0 Å². The lowest BCUT2D eigenvalue weighted by Crippen LogP contribution is -2.15. The van der Waals surface area contributed by atoms with Crippen molar-refractivity contribution in [2.24, 2.45) is 0 Å². The number of aldehydes is 1. The number of nitrogens with one attached hydrogen (secondary N) is 1. The molecule has 70 valence electrons. The third-order valence-corrected chi connectivity index (χ3v) is 1.76. The van der Waals surface area contributed by atoms with E-state index < -0.39 is 0 Å². The molecular formula is C10H13NO2. The highest BCUT2D eigenvalue weighted by Crippen LogP contribution is 2.03. The fourth-order valence-electron chi connectivity index (χ4n) is 1.04. The molecule has 0 aliphatic rings. The summed E-state index contributed by atoms with van der Waals surface area (Å²) in [6.07, 6.45) is 0.835. The van der Waals surface area contributed by atoms with Gasteiger partial charge < -0.3 is 15.2 Å². The zero-order chi connectivity index (χ0) is 9.52. The topological polar surface area (TPSA) is 49.3 Å². The van der Waals surface area contributed by atoms with E-state index in [1.165, 1.54) is 0 Å². The molecule has 0 amide bonds. The van der Waals surface area contributed by atoms with Gasteiger partial charge in [-0.2, -0.15) is 0 Å². The van der Waals surface area contributed by atoms with Crippen molar-refractivity contribution in [1.29, 1.82) is 0 Å². The predicted octanol–water partition coefficient (Wildman–Crippen LogP) is 0.467. The van der Waals surface area contributed by atoms with Crippen molar-refractivity contribution < 1.29 is 9.90 Å². The van der Waals surface area contributed by atoms with Crippen molar-refractivity contribution in [3.63, 3.8) is 0 Å². The van der Waals surface area contributed by atoms with E-state index in [2.05, 4.69) is 5.32 Å². The van der Waals surface area contributed by atoms with Gasteiger partial charge in [-0.25, -0.2) is 0 Å². The lowest BCUT2D eigenvalue weighted by atomic mass is 10.1. The first-order chi connectivity index (χ1) is 6.36. The average Bonchev–Trinajstić information content (AvgIpc) is 2.19. The SMILES string of the molecule is O=CCNCc1ccc(CO)cc1. The van der Waals surface area contributed by atoms with Gasteiger partial charge >= 0.3 is 0 Å². The lowest BCUT2D eigenvalue weighted by molar-refractivity contribution is -0.107. The second-order valence-corrected chi connectivity index (χ2v) is 2.77. The largest absolute Gasteiger partial charge is 0.392 e. The van der Waals surface area contributed by atoms with Gasteiger partial charge in [0.25, 0.3) is 0 Å². The summed E-state index contributed by atoms with van der Waals surface area (Å²) in [5, 5.41) is 11.7. The fourth-order valence-corrected chi connectivity index (χ4v) is 1.04. The van der Waals surface area contributed by atoms with Crippen LogP contribution >= 0.6 is 0 Å². The molecule has 1 rings (SSSR count). The Balaban J connectivity index is 2.44. The monoisotopic (exact) mass is 179 g/mol. The van der Waals surface area contributed by atoms with E-state index in [4.69, 9.17) is 5.11 Å². The van der Waals surface area contributed by atoms with Crippen molar-refractivity contribution in [1.82, 2.24) is 5.32 Å². The van der Waals surface area contributed by atoms with Crippen LogP contribution in [0.15, 0.2) is 24.3 Å². The van der Waals surface area contributed by atoms with E-state index in [0.29, 0.717) is 13.1 Å². The van der Waals surface area contributed by atoms with Gasteiger partial charge in [-0.05, 0) is 11.1 Å². The summed E-state index contributed by atoms with van der Waals surface area (Å²) < 4.78 is 0. The van der Waals surface area contributed by atoms with Crippen LogP contribution in [0.25, 0.3) is 0 Å². The molecule has 3 nitrogen and oxygen atoms in total. The van der Waals surface area contributed by atoms with Crippen LogP contribution in [0.5, 0.6) is 0 Å². The van der Waals surface area contributed by atoms with Crippen LogP contribution in [0.1, 0.15) is 11.1 Å². The number of hydrogen-bond acceptors (Lipinski definition) is 3. The highest BCUT2D eigenvalue weighted by atomic mass is 16.3. The smallest absolute Gasteiger partial charge is 0.133 e. The third-order valence-electron chi connectivity index (χ3n) is 1.76. The Morgan fingerprint density at radius 1 is 1.23 bits per heavy atom. The minimum absolute atomic E-state index is 0.0715. The zero-order valence-corrected chi connectivity index (χ0v) is 7.36. The van der Waals surface area contributed by atoms with Crippen LogP contribution < -0.4 is 5.32 Å². The molecule has 13 heavy (non-hydrogen) atoms. The number of carbonyl (C=O) groups is 1. The predicted molar refractivity (Wildman–Crippen MR) is 50.1 cm³/mol. The standard InChI is InChI=1S/C10H13NO2/c12-6-5-11-7-9-1-3-10(8-13)4-2-9/h1-4,6,11,13H,5,7-8H2. The van der Waals surface area contributed by atoms with Crippen LogP contribution in [-0.4, -0.2) is 17.9 Å². The fraction of sp³-hybridized carbons (Fsp3) is 0.300. The van der Waals surface area contributed by atoms with Crippen molar-refractivity contribution in [2.75, 3.05) is 6.54 Å². The van der Waals surface area contributed by atoms with E-state index in [-0.39, 0.29) is 6.61 Å². The Labute approximate surface area is 77.4 Å². The summed E-state index contributed by atoms with van der Waals surface area (Å²) >= 11 is 0. The summed E-state index contributed by atoms with van der Waals surface area (Å²) in [4.78, 5) is 10.00. The third kappa shape index (κ3) is 3.36. The van der Waals surface area contributed by atoms with Crippen molar-refractivity contribution in [3.8, 4) is 0 Å². The normalized spacial score (nSPS) is 9.92. The molecule has 0 atom stereocenters. The maximum absolute atomic E-state index is 10.00. The minimum Gasteiger partial charge on any atom is -0.392 e. The van der Waals surface area contributed by atoms with Crippen LogP contribution in [0, 0.1) is 0 Å². The van der Waals surface area contributed by atoms with E-state index in [1.54, 1.807) is 0 Å². The van der Waals surface area contributed by atoms with Crippen LogP contribution in [0.2, 0.25) is 0 Å². The van der Waals surface area contributed by atoms with Gasteiger partial charge in [-0.15, -0.1) is 0 Å². The highest BCUT2D eigenvalue weighted by Gasteiger charge is 1.92. The summed E-state index contributed by atoms with van der Waals surface area (Å²) in [7, 11) is 0. The van der Waals surface area contributed by atoms with Gasteiger partial charge in [-0.1, -0.05) is 24.3 Å². The molecular weight excluding hydrogens is 166 g/mol. The molecule has 0 saturated heterocycles. The van der Waals surface area contributed by atoms with Gasteiger partial charge in [-0.3, -0.25) is 0 Å². The van der Waals surface area contributed by atoms with E-state index in [0.717, 1.165) is 17.4 Å². The zero-order valence-electron chi connectivity index (χ0n) is 7.36. The molecule has 0 unspecified atom stereocenters. The molecule has 0 saturated carbocycles. The summed E-state index contributed by atoms with van der Waals surface area (Å²) in [6.45, 7) is 1.13. The maximum Gasteiger partial charge on any atom is 0.133 e. The maximum atomic E-state index is 10.00. The molecule has 0 radical (unpaired) electrons. The van der Waals surface area contributed by atoms with Gasteiger partial charge in [0.05, 0.1) is 13.2 Å². The average molecular weight is 179 g/mol. The minimum atomic E-state index is 0.0715. The lowest BCUT2D eigenvalue weighted by Gasteiger charge is -2.01. The summed E-state index contributed by atoms with van der Waals surface area (Å²) in [5.41, 5.74) is 2.01. The van der Waals surface area contributed by atoms with E-state index in [1.807, 2.05) is 24.3 Å². The second kappa shape index (κ2) is 5.45. The Morgan fingerprint density at radius 3 is 2.38 bits per heavy atom. The number of hydrogen-bond donors (Lipinski definition) is 2. The molecule has 1 aromatic carbocycles. The van der Waals surface area contributed by atoms with E-state index in [9.17, 15) is 4.79 Å². The van der Waals surface area contributed by atoms with Crippen molar-refractivity contribution in [2.45, 2.75) is 13.2 Å². The van der Waals surface area contributed by atoms with Gasteiger partial charge in [0, 0.05) is 6.54 Å². The molecule has 0 aliphatic heterocycles. The van der Waals surface area contributed by atoms with Crippen LogP contribution in [0.3, 0.4) is 0 Å². The molecule has 3 heteroatoms. The van der Waals surface area contributed by atoms with Crippen molar-refractivity contribution in [3.05, 3.63) is 35.4 Å². The van der Waals surface area contributed by atoms with E-state index >= 15 is 0 Å². The first kappa shape index (κ1) is 9.89. The Bertz CT molecular complexity index is 256. The Morgan fingerprint density at radius 2 is 1.85 bits per heavy atom. The van der Waals surface area contributed by atoms with Crippen LogP contribution in [0.4, 0.5) is 0 Å². The number of aliphatic hydroxyl groups is 1. The number of benzene rings is 1. The first-order valence-corrected chi connectivity index (χ1v) is 4.20. The Kier molecular flexibility index (Phi) is 4.15. The first-order valence-electron chi connectivity index (χ1n) is 4.20. The Hall–Kier alpha value is -1.19. The molecule has 0 aliphatic carbocycles. The number of aliphatic hydroxyl groups excluding tert-OH is 1. The van der Waals surface area contributed by atoms with Crippen molar-refractivity contribution >= 4 is 6.29 Å². The number of carbonyl (C=O) groups excluding carboxylic acids is 1. The summed E-state index contributed by atoms with van der Waals surface area (Å²) in [5.74, 6) is 0. The molecule has 0 heterocycles. The molecule has 0 fully saturated rings. The number of rotatable bonds is 5. The van der Waals surface area contributed by atoms with Gasteiger partial charge in [0.15, 0.2) is 0 Å². The molecule has 1 aromatic rings. The highest BCUT2D eigenvalue weighted by molar-refractivity contribution is 5.51. The second-order valence-electron chi connectivity index (χ2n) is 2.77. The molecule has 0 bridgehead atoms. The van der Waals surface area contributed by atoms with Crippen LogP contribution in [-0.2, 0) is 17.9 Å². The summed E-state index contributed by atoms with van der Waals surface area (Å²) in [6, 6.07) is 7.61. The molecule has 0 aromatic heterocycles. The van der Waals surface area contributed by atoms with Gasteiger partial charge in [0.1, 0.15) is 6.29 Å². The molecule has 2 N–H and O–H groups in total. The molecule has 0 spiro atoms.